The lowest BCUT2D eigenvalue weighted by Gasteiger charge is -2.37. The number of halogens is 1. The van der Waals surface area contributed by atoms with E-state index in [2.05, 4.69) is 29.1 Å². The molecule has 2 amide bonds. The number of fused-ring (bicyclic) bond motifs is 1. The van der Waals surface area contributed by atoms with Gasteiger partial charge in [-0.3, -0.25) is 14.4 Å². The van der Waals surface area contributed by atoms with Gasteiger partial charge in [-0.05, 0) is 24.8 Å². The number of alkyl halides is 1. The minimum absolute atomic E-state index is 0.125. The summed E-state index contributed by atoms with van der Waals surface area (Å²) in [6.45, 7) is 8.34. The maximum Gasteiger partial charge on any atom is 0.312 e. The number of aliphatic hydroxyl groups excluding tert-OH is 1. The van der Waals surface area contributed by atoms with Crippen molar-refractivity contribution in [2.24, 2.45) is 11.8 Å². The molecule has 3 fully saturated rings. The van der Waals surface area contributed by atoms with Crippen LogP contribution in [0.2, 0.25) is 0 Å². The number of aliphatic hydroxyl groups is 1. The lowest BCUT2D eigenvalue weighted by molar-refractivity contribution is -0.155. The molecule has 9 heteroatoms. The molecule has 1 spiro atoms. The zero-order valence-electron chi connectivity index (χ0n) is 20.3. The van der Waals surface area contributed by atoms with E-state index >= 15 is 0 Å². The maximum atomic E-state index is 14.2. The third-order valence-corrected chi connectivity index (χ3v) is 8.14. The first-order valence-corrected chi connectivity index (χ1v) is 13.3. The predicted octanol–water partition coefficient (Wildman–Crippen LogP) is 2.45. The molecule has 2 bridgehead atoms. The Morgan fingerprint density at radius 1 is 1.28 bits per heavy atom. The van der Waals surface area contributed by atoms with Crippen LogP contribution in [-0.2, 0) is 30.4 Å². The van der Waals surface area contributed by atoms with E-state index in [9.17, 15) is 19.5 Å². The Morgan fingerprint density at radius 2 is 2.03 bits per heavy atom. The van der Waals surface area contributed by atoms with Gasteiger partial charge in [0.05, 0.1) is 24.5 Å². The number of rotatable bonds is 12. The Kier molecular flexibility index (Phi) is 8.32. The monoisotopic (exact) mass is 560 g/mol. The quantitative estimate of drug-likeness (QED) is 0.182. The van der Waals surface area contributed by atoms with E-state index in [0.717, 1.165) is 5.56 Å². The zero-order chi connectivity index (χ0) is 25.9. The molecule has 36 heavy (non-hydrogen) atoms. The SMILES string of the molecule is C=CCCOC(=O)[C@H]1[C@H]2C(=O)N(CCCO)C(C(=O)N(CC=C)Cc3ccccc3)C23CC(Br)[C@@H]1O3. The topological polar surface area (TPSA) is 96.4 Å². The summed E-state index contributed by atoms with van der Waals surface area (Å²) in [7, 11) is 0. The standard InChI is InChI=1S/C27H33BrN2O6/c1-3-5-15-35-26(34)20-21-24(32)30(13-9-14-31)23(27(21)16-19(28)22(20)36-27)25(33)29(12-4-2)17-18-10-7-6-8-11-18/h3-4,6-8,10-11,19-23,31H,1-2,5,9,12-17H2/t19?,20-,21-,22-,23?,27?/m0/s1. The molecular formula is C27H33BrN2O6. The van der Waals surface area contributed by atoms with Crippen molar-refractivity contribution in [3.8, 4) is 0 Å². The number of carbonyl (C=O) groups is 3. The lowest BCUT2D eigenvalue weighted by atomic mass is 9.70. The predicted molar refractivity (Wildman–Crippen MR) is 137 cm³/mol. The summed E-state index contributed by atoms with van der Waals surface area (Å²) in [6, 6.07) is 8.69. The second-order valence-electron chi connectivity index (χ2n) is 9.51. The van der Waals surface area contributed by atoms with Gasteiger partial charge in [0.15, 0.2) is 0 Å². The average molecular weight is 561 g/mol. The van der Waals surface area contributed by atoms with E-state index in [1.807, 2.05) is 30.3 Å². The first-order valence-electron chi connectivity index (χ1n) is 12.3. The van der Waals surface area contributed by atoms with Crippen LogP contribution in [0.5, 0.6) is 0 Å². The first kappa shape index (κ1) is 26.6. The van der Waals surface area contributed by atoms with E-state index < -0.39 is 35.6 Å². The Bertz CT molecular complexity index is 1000. The van der Waals surface area contributed by atoms with Crippen LogP contribution in [0.25, 0.3) is 0 Å². The van der Waals surface area contributed by atoms with Crippen molar-refractivity contribution < 1.29 is 29.0 Å². The fourth-order valence-corrected chi connectivity index (χ4v) is 6.81. The van der Waals surface area contributed by atoms with Gasteiger partial charge in [-0.15, -0.1) is 13.2 Å². The van der Waals surface area contributed by atoms with Gasteiger partial charge >= 0.3 is 5.97 Å². The van der Waals surface area contributed by atoms with Crippen molar-refractivity contribution in [2.45, 2.75) is 48.4 Å². The summed E-state index contributed by atoms with van der Waals surface area (Å²) in [5, 5.41) is 9.49. The van der Waals surface area contributed by atoms with Gasteiger partial charge in [-0.1, -0.05) is 58.4 Å². The molecule has 194 valence electrons. The van der Waals surface area contributed by atoms with Gasteiger partial charge in [0.25, 0.3) is 0 Å². The van der Waals surface area contributed by atoms with E-state index in [1.165, 1.54) is 4.90 Å². The fraction of sp³-hybridized carbons (Fsp3) is 0.519. The molecule has 0 aromatic heterocycles. The number of hydrogen-bond donors (Lipinski definition) is 1. The van der Waals surface area contributed by atoms with Gasteiger partial charge in [0, 0.05) is 31.1 Å². The highest BCUT2D eigenvalue weighted by atomic mass is 79.9. The van der Waals surface area contributed by atoms with Crippen LogP contribution in [0.15, 0.2) is 55.6 Å². The van der Waals surface area contributed by atoms with E-state index in [-0.39, 0.29) is 36.4 Å². The summed E-state index contributed by atoms with van der Waals surface area (Å²) in [6.07, 6.45) is 3.99. The van der Waals surface area contributed by atoms with Gasteiger partial charge in [0.2, 0.25) is 11.8 Å². The van der Waals surface area contributed by atoms with Crippen molar-refractivity contribution in [1.82, 2.24) is 9.80 Å². The van der Waals surface area contributed by atoms with Crippen molar-refractivity contribution in [3.05, 3.63) is 61.2 Å². The zero-order valence-corrected chi connectivity index (χ0v) is 21.8. The van der Waals surface area contributed by atoms with Crippen LogP contribution in [0.1, 0.15) is 24.8 Å². The van der Waals surface area contributed by atoms with Crippen molar-refractivity contribution >= 4 is 33.7 Å². The number of hydrogen-bond acceptors (Lipinski definition) is 6. The number of ether oxygens (including phenoxy) is 2. The molecular weight excluding hydrogens is 528 g/mol. The highest BCUT2D eigenvalue weighted by molar-refractivity contribution is 9.09. The van der Waals surface area contributed by atoms with Crippen LogP contribution < -0.4 is 0 Å². The molecule has 3 heterocycles. The summed E-state index contributed by atoms with van der Waals surface area (Å²) < 4.78 is 11.9. The minimum Gasteiger partial charge on any atom is -0.465 e. The normalized spacial score (nSPS) is 30.2. The van der Waals surface area contributed by atoms with E-state index in [4.69, 9.17) is 9.47 Å². The molecule has 0 radical (unpaired) electrons. The molecule has 0 saturated carbocycles. The molecule has 3 unspecified atom stereocenters. The van der Waals surface area contributed by atoms with Crippen LogP contribution in [0.3, 0.4) is 0 Å². The molecule has 3 saturated heterocycles. The average Bonchev–Trinajstić information content (AvgIpc) is 3.46. The number of benzene rings is 1. The van der Waals surface area contributed by atoms with Crippen molar-refractivity contribution in [3.63, 3.8) is 0 Å². The molecule has 6 atom stereocenters. The highest BCUT2D eigenvalue weighted by Crippen LogP contribution is 2.60. The Morgan fingerprint density at radius 3 is 2.69 bits per heavy atom. The third kappa shape index (κ3) is 4.64. The van der Waals surface area contributed by atoms with Crippen LogP contribution in [0.4, 0.5) is 0 Å². The number of likely N-dealkylation sites (tertiary alicyclic amines) is 1. The molecule has 0 aliphatic carbocycles. The summed E-state index contributed by atoms with van der Waals surface area (Å²) >= 11 is 3.65. The Balaban J connectivity index is 1.69. The third-order valence-electron chi connectivity index (χ3n) is 7.30. The number of amides is 2. The van der Waals surface area contributed by atoms with Gasteiger partial charge in [-0.2, -0.15) is 0 Å². The largest absolute Gasteiger partial charge is 0.465 e. The van der Waals surface area contributed by atoms with Gasteiger partial charge in [-0.25, -0.2) is 0 Å². The molecule has 4 rings (SSSR count). The Labute approximate surface area is 220 Å². The van der Waals surface area contributed by atoms with Crippen LogP contribution >= 0.6 is 15.9 Å². The second kappa shape index (κ2) is 11.3. The van der Waals surface area contributed by atoms with Crippen LogP contribution in [-0.4, -0.2) is 81.6 Å². The van der Waals surface area contributed by atoms with Gasteiger partial charge in [0.1, 0.15) is 11.6 Å². The molecule has 8 nitrogen and oxygen atoms in total. The smallest absolute Gasteiger partial charge is 0.312 e. The number of carbonyl (C=O) groups excluding carboxylic acids is 3. The minimum atomic E-state index is -1.15. The fourth-order valence-electron chi connectivity index (χ4n) is 5.86. The molecule has 1 aromatic rings. The maximum absolute atomic E-state index is 14.2. The van der Waals surface area contributed by atoms with Crippen molar-refractivity contribution in [1.29, 1.82) is 0 Å². The second-order valence-corrected chi connectivity index (χ2v) is 10.7. The van der Waals surface area contributed by atoms with E-state index in [1.54, 1.807) is 17.1 Å². The number of esters is 1. The molecule has 1 aromatic carbocycles. The molecule has 1 N–H and O–H groups in total. The number of nitrogens with zero attached hydrogens (tertiary/aromatic N) is 2. The summed E-state index contributed by atoms with van der Waals surface area (Å²) in [4.78, 5) is 44.1. The highest BCUT2D eigenvalue weighted by Gasteiger charge is 2.77. The van der Waals surface area contributed by atoms with Gasteiger partial charge < -0.3 is 24.4 Å². The first-order chi connectivity index (χ1) is 17.4. The Hall–Kier alpha value is -2.49. The summed E-state index contributed by atoms with van der Waals surface area (Å²) in [5.41, 5.74) is -0.201. The molecule has 3 aliphatic rings. The van der Waals surface area contributed by atoms with Crippen molar-refractivity contribution in [2.75, 3.05) is 26.3 Å². The van der Waals surface area contributed by atoms with E-state index in [0.29, 0.717) is 32.4 Å². The molecule has 3 aliphatic heterocycles. The lowest BCUT2D eigenvalue weighted by Crippen LogP contribution is -2.56. The summed E-state index contributed by atoms with van der Waals surface area (Å²) in [5.74, 6) is -2.67. The van der Waals surface area contributed by atoms with Crippen LogP contribution in [0, 0.1) is 11.8 Å².